The fraction of sp³-hybridized carbons (Fsp3) is 0.0833. The van der Waals surface area contributed by atoms with Gasteiger partial charge in [0, 0.05) is 12.4 Å². The lowest BCUT2D eigenvalue weighted by molar-refractivity contribution is 0.906. The third-order valence-corrected chi connectivity index (χ3v) is 2.01. The summed E-state index contributed by atoms with van der Waals surface area (Å²) in [6, 6.07) is 10.9. The molecule has 0 bridgehead atoms. The molecule has 0 saturated carbocycles. The first-order valence-corrected chi connectivity index (χ1v) is 5.02. The van der Waals surface area contributed by atoms with Gasteiger partial charge in [-0.15, -0.1) is 5.11 Å². The van der Waals surface area contributed by atoms with Crippen LogP contribution in [0.5, 0.6) is 0 Å². The van der Waals surface area contributed by atoms with Gasteiger partial charge in [0.1, 0.15) is 12.6 Å². The lowest BCUT2D eigenvalue weighted by Gasteiger charge is -1.93. The van der Waals surface area contributed by atoms with Crippen molar-refractivity contribution in [3.63, 3.8) is 0 Å². The summed E-state index contributed by atoms with van der Waals surface area (Å²) in [4.78, 5) is 8.10. The van der Waals surface area contributed by atoms with Crippen molar-refractivity contribution >= 4 is 5.82 Å². The third-order valence-electron chi connectivity index (χ3n) is 2.01. The molecule has 0 aliphatic carbocycles. The van der Waals surface area contributed by atoms with Gasteiger partial charge in [-0.05, 0) is 24.3 Å². The molecule has 5 nitrogen and oxygen atoms in total. The SMILES string of the molecule is N#Cc1ccc(N=NCc2ccccn2)nc1. The Kier molecular flexibility index (Phi) is 3.50. The van der Waals surface area contributed by atoms with Gasteiger partial charge in [-0.1, -0.05) is 6.07 Å². The van der Waals surface area contributed by atoms with E-state index in [0.717, 1.165) is 5.69 Å². The standard InChI is InChI=1S/C12H9N5/c13-7-10-4-5-12(15-8-10)17-16-9-11-3-1-2-6-14-11/h1-6,8H,9H2. The van der Waals surface area contributed by atoms with Crippen molar-refractivity contribution in [1.82, 2.24) is 9.97 Å². The molecule has 0 aliphatic rings. The topological polar surface area (TPSA) is 74.3 Å². The molecule has 2 aromatic rings. The molecular weight excluding hydrogens is 214 g/mol. The zero-order valence-electron chi connectivity index (χ0n) is 8.98. The van der Waals surface area contributed by atoms with Gasteiger partial charge in [-0.2, -0.15) is 10.4 Å². The molecule has 2 rings (SSSR count). The van der Waals surface area contributed by atoms with Crippen LogP contribution in [0.15, 0.2) is 53.0 Å². The van der Waals surface area contributed by atoms with Crippen LogP contribution >= 0.6 is 0 Å². The van der Waals surface area contributed by atoms with Gasteiger partial charge in [0.25, 0.3) is 0 Å². The molecule has 0 amide bonds. The molecule has 0 N–H and O–H groups in total. The fourth-order valence-corrected chi connectivity index (χ4v) is 1.18. The van der Waals surface area contributed by atoms with E-state index in [0.29, 0.717) is 17.9 Å². The van der Waals surface area contributed by atoms with Gasteiger partial charge < -0.3 is 0 Å². The van der Waals surface area contributed by atoms with Crippen LogP contribution in [0.25, 0.3) is 0 Å². The Bertz CT molecular complexity index is 539. The molecule has 2 aromatic heterocycles. The second kappa shape index (κ2) is 5.47. The first-order valence-electron chi connectivity index (χ1n) is 5.02. The van der Waals surface area contributed by atoms with E-state index in [1.807, 2.05) is 24.3 Å². The molecule has 0 atom stereocenters. The molecule has 0 unspecified atom stereocenters. The van der Waals surface area contributed by atoms with Crippen molar-refractivity contribution in [1.29, 1.82) is 5.26 Å². The number of azo groups is 1. The normalized spacial score (nSPS) is 10.3. The molecule has 5 heteroatoms. The van der Waals surface area contributed by atoms with Crippen LogP contribution in [-0.2, 0) is 6.54 Å². The van der Waals surface area contributed by atoms with Crippen molar-refractivity contribution < 1.29 is 0 Å². The van der Waals surface area contributed by atoms with E-state index in [4.69, 9.17) is 5.26 Å². The quantitative estimate of drug-likeness (QED) is 0.750. The Morgan fingerprint density at radius 1 is 1.18 bits per heavy atom. The molecule has 82 valence electrons. The van der Waals surface area contributed by atoms with E-state index >= 15 is 0 Å². The summed E-state index contributed by atoms with van der Waals surface area (Å²) in [5, 5.41) is 16.5. The average Bonchev–Trinajstić information content (AvgIpc) is 2.41. The molecule has 0 spiro atoms. The van der Waals surface area contributed by atoms with Crippen molar-refractivity contribution in [3.8, 4) is 6.07 Å². The number of rotatable bonds is 3. The smallest absolute Gasteiger partial charge is 0.174 e. The number of pyridine rings is 2. The summed E-state index contributed by atoms with van der Waals surface area (Å²) in [7, 11) is 0. The van der Waals surface area contributed by atoms with Gasteiger partial charge in [0.2, 0.25) is 0 Å². The summed E-state index contributed by atoms with van der Waals surface area (Å²) in [6.07, 6.45) is 3.18. The van der Waals surface area contributed by atoms with E-state index < -0.39 is 0 Å². The van der Waals surface area contributed by atoms with Crippen molar-refractivity contribution in [3.05, 3.63) is 54.0 Å². The highest BCUT2D eigenvalue weighted by molar-refractivity contribution is 5.33. The van der Waals surface area contributed by atoms with Crippen molar-refractivity contribution in [2.45, 2.75) is 6.54 Å². The van der Waals surface area contributed by atoms with Gasteiger partial charge >= 0.3 is 0 Å². The summed E-state index contributed by atoms with van der Waals surface area (Å²) in [6.45, 7) is 0.419. The maximum Gasteiger partial charge on any atom is 0.174 e. The van der Waals surface area contributed by atoms with Crippen LogP contribution in [0.4, 0.5) is 5.82 Å². The number of hydrogen-bond acceptors (Lipinski definition) is 5. The van der Waals surface area contributed by atoms with Gasteiger partial charge in [0.05, 0.1) is 11.3 Å². The highest BCUT2D eigenvalue weighted by Crippen LogP contribution is 2.09. The van der Waals surface area contributed by atoms with Crippen LogP contribution < -0.4 is 0 Å². The summed E-state index contributed by atoms with van der Waals surface area (Å²) < 4.78 is 0. The zero-order valence-corrected chi connectivity index (χ0v) is 8.98. The Morgan fingerprint density at radius 3 is 2.76 bits per heavy atom. The Balaban J connectivity index is 1.99. The second-order valence-corrected chi connectivity index (χ2v) is 3.24. The first-order chi connectivity index (χ1) is 8.38. The van der Waals surface area contributed by atoms with Gasteiger partial charge in [-0.25, -0.2) is 4.98 Å². The van der Waals surface area contributed by atoms with Crippen LogP contribution in [0.2, 0.25) is 0 Å². The van der Waals surface area contributed by atoms with Crippen LogP contribution in [0.1, 0.15) is 11.3 Å². The average molecular weight is 223 g/mol. The number of nitriles is 1. The number of hydrogen-bond donors (Lipinski definition) is 0. The molecule has 2 heterocycles. The Labute approximate surface area is 98.5 Å². The van der Waals surface area contributed by atoms with Crippen LogP contribution in [0.3, 0.4) is 0 Å². The third kappa shape index (κ3) is 3.18. The van der Waals surface area contributed by atoms with E-state index in [-0.39, 0.29) is 0 Å². The predicted octanol–water partition coefficient (Wildman–Crippen LogP) is 2.63. The second-order valence-electron chi connectivity index (χ2n) is 3.24. The highest BCUT2D eigenvalue weighted by Gasteiger charge is 1.93. The summed E-state index contributed by atoms with van der Waals surface area (Å²) in [5.74, 6) is 0.486. The molecule has 0 saturated heterocycles. The molecule has 0 aromatic carbocycles. The van der Waals surface area contributed by atoms with Gasteiger partial charge in [-0.3, -0.25) is 4.98 Å². The maximum atomic E-state index is 8.60. The molecule has 0 aliphatic heterocycles. The summed E-state index contributed by atoms with van der Waals surface area (Å²) in [5.41, 5.74) is 1.36. The Morgan fingerprint density at radius 2 is 2.12 bits per heavy atom. The van der Waals surface area contributed by atoms with Crippen molar-refractivity contribution in [2.75, 3.05) is 0 Å². The first kappa shape index (κ1) is 10.9. The zero-order chi connectivity index (χ0) is 11.9. The van der Waals surface area contributed by atoms with E-state index in [1.54, 1.807) is 18.3 Å². The van der Waals surface area contributed by atoms with E-state index in [1.165, 1.54) is 6.20 Å². The molecule has 17 heavy (non-hydrogen) atoms. The van der Waals surface area contributed by atoms with Crippen LogP contribution in [-0.4, -0.2) is 9.97 Å². The van der Waals surface area contributed by atoms with Gasteiger partial charge in [0.15, 0.2) is 5.82 Å². The highest BCUT2D eigenvalue weighted by atomic mass is 15.1. The largest absolute Gasteiger partial charge is 0.259 e. The molecule has 0 radical (unpaired) electrons. The number of nitrogens with zero attached hydrogens (tertiary/aromatic N) is 5. The minimum atomic E-state index is 0.419. The van der Waals surface area contributed by atoms with Crippen LogP contribution in [0, 0.1) is 11.3 Å². The monoisotopic (exact) mass is 223 g/mol. The lowest BCUT2D eigenvalue weighted by atomic mass is 10.3. The predicted molar refractivity (Wildman–Crippen MR) is 61.4 cm³/mol. The molecule has 0 fully saturated rings. The minimum absolute atomic E-state index is 0.419. The van der Waals surface area contributed by atoms with Crippen molar-refractivity contribution in [2.24, 2.45) is 10.2 Å². The fourth-order valence-electron chi connectivity index (χ4n) is 1.18. The Hall–Kier alpha value is -2.61. The maximum absolute atomic E-state index is 8.60. The summed E-state index contributed by atoms with van der Waals surface area (Å²) >= 11 is 0. The van der Waals surface area contributed by atoms with E-state index in [2.05, 4.69) is 20.2 Å². The minimum Gasteiger partial charge on any atom is -0.259 e. The van der Waals surface area contributed by atoms with E-state index in [9.17, 15) is 0 Å². The molecular formula is C12H9N5. The lowest BCUT2D eigenvalue weighted by Crippen LogP contribution is -1.84. The number of aromatic nitrogens is 2.